The third kappa shape index (κ3) is 1.63. The monoisotopic (exact) mass is 337 g/mol. The van der Waals surface area contributed by atoms with Gasteiger partial charge in [0.2, 0.25) is 0 Å². The van der Waals surface area contributed by atoms with Gasteiger partial charge in [0.15, 0.2) is 0 Å². The van der Waals surface area contributed by atoms with E-state index in [0.29, 0.717) is 5.49 Å². The summed E-state index contributed by atoms with van der Waals surface area (Å²) in [4.78, 5) is 2.96. The maximum Gasteiger partial charge on any atom is 0.122 e. The first-order valence-corrected chi connectivity index (χ1v) is 3.49. The van der Waals surface area contributed by atoms with Gasteiger partial charge in [-0.1, -0.05) is 18.2 Å². The van der Waals surface area contributed by atoms with Crippen LogP contribution in [0.15, 0.2) is 36.4 Å². The van der Waals surface area contributed by atoms with E-state index >= 15 is 0 Å². The van der Waals surface area contributed by atoms with Crippen LogP contribution in [0.1, 0.15) is 0 Å². The Bertz CT molecular complexity index is 433. The molecule has 0 fully saturated rings. The number of pyridine rings is 1. The van der Waals surface area contributed by atoms with Gasteiger partial charge in [0, 0.05) is 25.6 Å². The van der Waals surface area contributed by atoms with Gasteiger partial charge in [-0.3, -0.25) is 5.41 Å². The van der Waals surface area contributed by atoms with Crippen molar-refractivity contribution in [2.75, 3.05) is 0 Å². The van der Waals surface area contributed by atoms with Crippen LogP contribution in [-0.4, -0.2) is 4.98 Å². The Hall–Kier alpha value is -0.921. The SMILES string of the molecule is N=c1ccc2ccccc2[nH]1.[Ir]. The van der Waals surface area contributed by atoms with Crippen LogP contribution in [0.2, 0.25) is 0 Å². The van der Waals surface area contributed by atoms with Crippen molar-refractivity contribution in [3.63, 3.8) is 0 Å². The van der Waals surface area contributed by atoms with E-state index in [1.807, 2.05) is 30.3 Å². The standard InChI is InChI=1S/C9H8N2.Ir/c10-9-6-5-7-3-1-2-4-8(7)11-9;/h1-6H,(H2,10,11);. The van der Waals surface area contributed by atoms with Crippen molar-refractivity contribution in [2.24, 2.45) is 0 Å². The summed E-state index contributed by atoms with van der Waals surface area (Å²) in [5.74, 6) is 0. The molecule has 1 aromatic heterocycles. The topological polar surface area (TPSA) is 39.6 Å². The number of aromatic nitrogens is 1. The summed E-state index contributed by atoms with van der Waals surface area (Å²) in [6, 6.07) is 11.6. The Morgan fingerprint density at radius 3 is 2.58 bits per heavy atom. The summed E-state index contributed by atoms with van der Waals surface area (Å²) < 4.78 is 0. The van der Waals surface area contributed by atoms with Crippen LogP contribution in [0, 0.1) is 5.41 Å². The number of H-pyrrole nitrogens is 1. The van der Waals surface area contributed by atoms with Crippen molar-refractivity contribution < 1.29 is 20.1 Å². The predicted molar refractivity (Wildman–Crippen MR) is 44.2 cm³/mol. The molecule has 3 heteroatoms. The number of aromatic amines is 1. The van der Waals surface area contributed by atoms with E-state index < -0.39 is 0 Å². The van der Waals surface area contributed by atoms with Crippen molar-refractivity contribution >= 4 is 10.9 Å². The molecule has 0 saturated carbocycles. The molecule has 0 aliphatic heterocycles. The number of nitrogens with one attached hydrogen (secondary N) is 2. The van der Waals surface area contributed by atoms with Crippen LogP contribution in [0.5, 0.6) is 0 Å². The molecule has 1 heterocycles. The van der Waals surface area contributed by atoms with Crippen LogP contribution < -0.4 is 5.49 Å². The van der Waals surface area contributed by atoms with E-state index in [1.165, 1.54) is 0 Å². The molecule has 1 radical (unpaired) electrons. The summed E-state index contributed by atoms with van der Waals surface area (Å²) in [7, 11) is 0. The fourth-order valence-electron chi connectivity index (χ4n) is 1.12. The number of hydrogen-bond donors (Lipinski definition) is 2. The third-order valence-electron chi connectivity index (χ3n) is 1.66. The molecule has 0 spiro atoms. The Kier molecular flexibility index (Phi) is 2.79. The minimum absolute atomic E-state index is 0. The molecule has 0 bridgehead atoms. The second-order valence-electron chi connectivity index (χ2n) is 2.46. The van der Waals surface area contributed by atoms with Crippen molar-refractivity contribution in [1.29, 1.82) is 5.41 Å². The average Bonchev–Trinajstić information content (AvgIpc) is 2.04. The maximum absolute atomic E-state index is 7.32. The average molecular weight is 336 g/mol. The summed E-state index contributed by atoms with van der Waals surface area (Å²) in [6.45, 7) is 0. The quantitative estimate of drug-likeness (QED) is 0.734. The van der Waals surface area contributed by atoms with Gasteiger partial charge in [0.1, 0.15) is 5.49 Å². The molecule has 1 aromatic carbocycles. The van der Waals surface area contributed by atoms with Crippen LogP contribution in [-0.2, 0) is 20.1 Å². The Morgan fingerprint density at radius 2 is 1.75 bits per heavy atom. The molecule has 0 amide bonds. The number of rotatable bonds is 0. The fourth-order valence-corrected chi connectivity index (χ4v) is 1.12. The summed E-state index contributed by atoms with van der Waals surface area (Å²) >= 11 is 0. The Labute approximate surface area is 83.5 Å². The first kappa shape index (κ1) is 9.17. The van der Waals surface area contributed by atoms with Gasteiger partial charge in [-0.25, -0.2) is 0 Å². The molecule has 0 atom stereocenters. The van der Waals surface area contributed by atoms with E-state index in [1.54, 1.807) is 6.07 Å². The molecule has 0 unspecified atom stereocenters. The zero-order chi connectivity index (χ0) is 7.68. The molecular weight excluding hydrogens is 328 g/mol. The number of hydrogen-bond acceptors (Lipinski definition) is 1. The van der Waals surface area contributed by atoms with Gasteiger partial charge in [-0.2, -0.15) is 0 Å². The second kappa shape index (κ2) is 3.65. The molecule has 2 N–H and O–H groups in total. The van der Waals surface area contributed by atoms with Crippen molar-refractivity contribution in [1.82, 2.24) is 4.98 Å². The van der Waals surface area contributed by atoms with E-state index in [-0.39, 0.29) is 20.1 Å². The predicted octanol–water partition coefficient (Wildman–Crippen LogP) is 1.64. The molecule has 2 nitrogen and oxygen atoms in total. The van der Waals surface area contributed by atoms with Gasteiger partial charge < -0.3 is 4.98 Å². The van der Waals surface area contributed by atoms with Crippen LogP contribution in [0.4, 0.5) is 0 Å². The second-order valence-corrected chi connectivity index (χ2v) is 2.46. The molecule has 2 aromatic rings. The van der Waals surface area contributed by atoms with E-state index in [0.717, 1.165) is 10.9 Å². The smallest absolute Gasteiger partial charge is 0.122 e. The van der Waals surface area contributed by atoms with Gasteiger partial charge in [0.25, 0.3) is 0 Å². The van der Waals surface area contributed by atoms with Crippen LogP contribution >= 0.6 is 0 Å². The Morgan fingerprint density at radius 1 is 1.00 bits per heavy atom. The van der Waals surface area contributed by atoms with Crippen molar-refractivity contribution in [3.8, 4) is 0 Å². The normalized spacial score (nSPS) is 9.33. The summed E-state index contributed by atoms with van der Waals surface area (Å²) in [5.41, 5.74) is 1.46. The summed E-state index contributed by atoms with van der Waals surface area (Å²) in [5, 5.41) is 8.46. The number of para-hydroxylation sites is 1. The van der Waals surface area contributed by atoms with Crippen LogP contribution in [0.3, 0.4) is 0 Å². The number of fused-ring (bicyclic) bond motifs is 1. The van der Waals surface area contributed by atoms with Crippen LogP contribution in [0.25, 0.3) is 10.9 Å². The first-order chi connectivity index (χ1) is 5.36. The maximum atomic E-state index is 7.32. The van der Waals surface area contributed by atoms with Crippen molar-refractivity contribution in [3.05, 3.63) is 41.9 Å². The molecule has 12 heavy (non-hydrogen) atoms. The van der Waals surface area contributed by atoms with Gasteiger partial charge >= 0.3 is 0 Å². The van der Waals surface area contributed by atoms with Gasteiger partial charge in [-0.05, 0) is 23.6 Å². The Balaban J connectivity index is 0.000000720. The molecule has 0 aliphatic rings. The van der Waals surface area contributed by atoms with Crippen molar-refractivity contribution in [2.45, 2.75) is 0 Å². The molecule has 2 rings (SSSR count). The van der Waals surface area contributed by atoms with E-state index in [2.05, 4.69) is 4.98 Å². The zero-order valence-electron chi connectivity index (χ0n) is 6.30. The largest absolute Gasteiger partial charge is 0.340 e. The molecule has 63 valence electrons. The minimum atomic E-state index is 0. The minimum Gasteiger partial charge on any atom is -0.340 e. The van der Waals surface area contributed by atoms with E-state index in [9.17, 15) is 0 Å². The molecule has 0 aliphatic carbocycles. The fraction of sp³-hybridized carbons (Fsp3) is 0. The summed E-state index contributed by atoms with van der Waals surface area (Å²) in [6.07, 6.45) is 0. The molecule has 0 saturated heterocycles. The van der Waals surface area contributed by atoms with E-state index in [4.69, 9.17) is 5.41 Å². The zero-order valence-corrected chi connectivity index (χ0v) is 8.69. The molecular formula is C9H8IrN2. The first-order valence-electron chi connectivity index (χ1n) is 3.49. The van der Waals surface area contributed by atoms with Gasteiger partial charge in [0.05, 0.1) is 0 Å². The number of benzene rings is 1. The third-order valence-corrected chi connectivity index (χ3v) is 1.66. The van der Waals surface area contributed by atoms with Gasteiger partial charge in [-0.15, -0.1) is 0 Å².